The molecule has 5 heteroatoms. The van der Waals surface area contributed by atoms with E-state index in [0.717, 1.165) is 18.4 Å². The standard InChI is InChI=1S/C14H17N3O2/c1-9-3-2-4-10(7-9)13-16-14(19-17-13)12-6-5-11(8-15)18-12/h2-4,7,11-12H,5-6,8,15H2,1H3. The molecule has 0 spiro atoms. The van der Waals surface area contributed by atoms with E-state index >= 15 is 0 Å². The predicted octanol–water partition coefficient (Wildman–Crippen LogP) is 2.22. The lowest BCUT2D eigenvalue weighted by Gasteiger charge is -2.07. The summed E-state index contributed by atoms with van der Waals surface area (Å²) in [6, 6.07) is 8.03. The van der Waals surface area contributed by atoms with Crippen LogP contribution in [0.15, 0.2) is 28.8 Å². The van der Waals surface area contributed by atoms with Crippen molar-refractivity contribution in [1.29, 1.82) is 0 Å². The van der Waals surface area contributed by atoms with Crippen LogP contribution in [0, 0.1) is 6.92 Å². The summed E-state index contributed by atoms with van der Waals surface area (Å²) in [5.41, 5.74) is 7.73. The Bertz CT molecular complexity index is 567. The van der Waals surface area contributed by atoms with Crippen molar-refractivity contribution in [2.24, 2.45) is 5.73 Å². The predicted molar refractivity (Wildman–Crippen MR) is 70.4 cm³/mol. The van der Waals surface area contributed by atoms with E-state index in [1.807, 2.05) is 31.2 Å². The summed E-state index contributed by atoms with van der Waals surface area (Å²) in [6.45, 7) is 2.58. The van der Waals surface area contributed by atoms with Crippen LogP contribution in [0.4, 0.5) is 0 Å². The number of nitrogens with two attached hydrogens (primary N) is 1. The zero-order chi connectivity index (χ0) is 13.2. The fraction of sp³-hybridized carbons (Fsp3) is 0.429. The van der Waals surface area contributed by atoms with Crippen LogP contribution in [0.25, 0.3) is 11.4 Å². The molecule has 2 atom stereocenters. The topological polar surface area (TPSA) is 74.2 Å². The van der Waals surface area contributed by atoms with E-state index in [1.165, 1.54) is 5.56 Å². The van der Waals surface area contributed by atoms with E-state index in [1.54, 1.807) is 0 Å². The average Bonchev–Trinajstić information content (AvgIpc) is 3.07. The van der Waals surface area contributed by atoms with Crippen LogP contribution in [-0.4, -0.2) is 22.8 Å². The van der Waals surface area contributed by atoms with E-state index in [2.05, 4.69) is 10.1 Å². The molecule has 1 saturated heterocycles. The highest BCUT2D eigenvalue weighted by atomic mass is 16.5. The lowest BCUT2D eigenvalue weighted by molar-refractivity contribution is 0.0307. The third-order valence-electron chi connectivity index (χ3n) is 3.36. The zero-order valence-electron chi connectivity index (χ0n) is 10.9. The molecule has 0 amide bonds. The molecule has 1 aliphatic rings. The molecule has 5 nitrogen and oxygen atoms in total. The van der Waals surface area contributed by atoms with Gasteiger partial charge in [0.1, 0.15) is 6.10 Å². The minimum Gasteiger partial charge on any atom is -0.364 e. The maximum Gasteiger partial charge on any atom is 0.256 e. The van der Waals surface area contributed by atoms with Gasteiger partial charge in [-0.2, -0.15) is 4.98 Å². The Morgan fingerprint density at radius 2 is 2.26 bits per heavy atom. The van der Waals surface area contributed by atoms with Gasteiger partial charge in [-0.05, 0) is 25.8 Å². The van der Waals surface area contributed by atoms with Crippen molar-refractivity contribution < 1.29 is 9.26 Å². The molecule has 3 rings (SSSR count). The smallest absolute Gasteiger partial charge is 0.256 e. The molecule has 1 fully saturated rings. The molecule has 1 aliphatic heterocycles. The van der Waals surface area contributed by atoms with E-state index in [9.17, 15) is 0 Å². The monoisotopic (exact) mass is 259 g/mol. The number of nitrogens with zero attached hydrogens (tertiary/aromatic N) is 2. The van der Waals surface area contributed by atoms with Gasteiger partial charge in [0.05, 0.1) is 6.10 Å². The fourth-order valence-electron chi connectivity index (χ4n) is 2.33. The number of hydrogen-bond acceptors (Lipinski definition) is 5. The molecule has 0 saturated carbocycles. The number of rotatable bonds is 3. The van der Waals surface area contributed by atoms with Gasteiger partial charge in [-0.1, -0.05) is 28.9 Å². The van der Waals surface area contributed by atoms with E-state index in [4.69, 9.17) is 15.0 Å². The van der Waals surface area contributed by atoms with E-state index in [-0.39, 0.29) is 12.2 Å². The van der Waals surface area contributed by atoms with Crippen molar-refractivity contribution in [3.05, 3.63) is 35.7 Å². The van der Waals surface area contributed by atoms with Crippen molar-refractivity contribution in [3.8, 4) is 11.4 Å². The maximum absolute atomic E-state index is 5.75. The highest BCUT2D eigenvalue weighted by Gasteiger charge is 2.29. The van der Waals surface area contributed by atoms with Gasteiger partial charge < -0.3 is 15.0 Å². The molecule has 2 heterocycles. The first-order valence-electron chi connectivity index (χ1n) is 6.52. The van der Waals surface area contributed by atoms with Crippen LogP contribution in [-0.2, 0) is 4.74 Å². The summed E-state index contributed by atoms with van der Waals surface area (Å²) in [5, 5.41) is 4.03. The minimum atomic E-state index is -0.111. The van der Waals surface area contributed by atoms with Gasteiger partial charge in [-0.3, -0.25) is 0 Å². The first-order chi connectivity index (χ1) is 9.26. The summed E-state index contributed by atoms with van der Waals surface area (Å²) < 4.78 is 11.1. The molecule has 100 valence electrons. The number of aromatic nitrogens is 2. The summed E-state index contributed by atoms with van der Waals surface area (Å²) in [7, 11) is 0. The first kappa shape index (κ1) is 12.3. The maximum atomic E-state index is 5.75. The molecule has 0 radical (unpaired) electrons. The summed E-state index contributed by atoms with van der Waals surface area (Å²) in [5.74, 6) is 1.16. The molecule has 2 aromatic rings. The largest absolute Gasteiger partial charge is 0.364 e. The fourth-order valence-corrected chi connectivity index (χ4v) is 2.33. The van der Waals surface area contributed by atoms with Gasteiger partial charge in [0.15, 0.2) is 0 Å². The number of benzene rings is 1. The van der Waals surface area contributed by atoms with Gasteiger partial charge in [0, 0.05) is 12.1 Å². The van der Waals surface area contributed by atoms with Crippen molar-refractivity contribution in [3.63, 3.8) is 0 Å². The zero-order valence-corrected chi connectivity index (χ0v) is 10.9. The normalized spacial score (nSPS) is 22.8. The average molecular weight is 259 g/mol. The Hall–Kier alpha value is -1.72. The summed E-state index contributed by atoms with van der Waals surface area (Å²) >= 11 is 0. The quantitative estimate of drug-likeness (QED) is 0.914. The second-order valence-corrected chi connectivity index (χ2v) is 4.89. The third kappa shape index (κ3) is 2.52. The van der Waals surface area contributed by atoms with Crippen molar-refractivity contribution in [1.82, 2.24) is 10.1 Å². The van der Waals surface area contributed by atoms with Crippen molar-refractivity contribution in [2.45, 2.75) is 32.0 Å². The molecule has 1 aromatic carbocycles. The van der Waals surface area contributed by atoms with Crippen LogP contribution in [0.2, 0.25) is 0 Å². The minimum absolute atomic E-state index is 0.110. The molecule has 2 N–H and O–H groups in total. The molecular weight excluding hydrogens is 242 g/mol. The highest BCUT2D eigenvalue weighted by Crippen LogP contribution is 2.32. The van der Waals surface area contributed by atoms with Crippen LogP contribution in [0.1, 0.15) is 30.4 Å². The van der Waals surface area contributed by atoms with Gasteiger partial charge in [-0.25, -0.2) is 0 Å². The second kappa shape index (κ2) is 5.11. The Kier molecular flexibility index (Phi) is 3.31. The molecule has 2 unspecified atom stereocenters. The van der Waals surface area contributed by atoms with Gasteiger partial charge in [0.25, 0.3) is 5.89 Å². The molecule has 0 aliphatic carbocycles. The van der Waals surface area contributed by atoms with E-state index < -0.39 is 0 Å². The van der Waals surface area contributed by atoms with E-state index in [0.29, 0.717) is 18.3 Å². The molecule has 0 bridgehead atoms. The lowest BCUT2D eigenvalue weighted by atomic mass is 10.1. The highest BCUT2D eigenvalue weighted by molar-refractivity contribution is 5.55. The number of hydrogen-bond donors (Lipinski definition) is 1. The van der Waals surface area contributed by atoms with Gasteiger partial charge in [0.2, 0.25) is 5.82 Å². The Morgan fingerprint density at radius 3 is 3.00 bits per heavy atom. The summed E-state index contributed by atoms with van der Waals surface area (Å²) in [6.07, 6.45) is 1.83. The number of aryl methyl sites for hydroxylation is 1. The van der Waals surface area contributed by atoms with Crippen LogP contribution >= 0.6 is 0 Å². The third-order valence-corrected chi connectivity index (χ3v) is 3.36. The van der Waals surface area contributed by atoms with Gasteiger partial charge >= 0.3 is 0 Å². The molecule has 19 heavy (non-hydrogen) atoms. The Balaban J connectivity index is 1.80. The van der Waals surface area contributed by atoms with Crippen LogP contribution in [0.3, 0.4) is 0 Å². The lowest BCUT2D eigenvalue weighted by Crippen LogP contribution is -2.18. The number of ether oxygens (including phenoxy) is 1. The Morgan fingerprint density at radius 1 is 1.37 bits per heavy atom. The van der Waals surface area contributed by atoms with Crippen LogP contribution in [0.5, 0.6) is 0 Å². The van der Waals surface area contributed by atoms with Gasteiger partial charge in [-0.15, -0.1) is 0 Å². The Labute approximate surface area is 111 Å². The van der Waals surface area contributed by atoms with Crippen LogP contribution < -0.4 is 5.73 Å². The van der Waals surface area contributed by atoms with Crippen molar-refractivity contribution in [2.75, 3.05) is 6.54 Å². The van der Waals surface area contributed by atoms with Crippen molar-refractivity contribution >= 4 is 0 Å². The SMILES string of the molecule is Cc1cccc(-c2noc(C3CCC(CN)O3)n2)c1. The second-order valence-electron chi connectivity index (χ2n) is 4.89. The first-order valence-corrected chi connectivity index (χ1v) is 6.52. The molecule has 1 aromatic heterocycles. The summed E-state index contributed by atoms with van der Waals surface area (Å²) in [4.78, 5) is 4.43. The molecular formula is C14H17N3O2.